The third-order valence-corrected chi connectivity index (χ3v) is 10.4. The molecule has 0 aliphatic carbocycles. The van der Waals surface area contributed by atoms with Crippen molar-refractivity contribution in [2.24, 2.45) is 5.92 Å². The number of aliphatic hydroxyl groups excluding tert-OH is 1. The highest BCUT2D eigenvalue weighted by Gasteiger charge is 2.37. The molecule has 8 rings (SSSR count). The number of alkyl carbamates (subject to hydrolysis) is 1. The van der Waals surface area contributed by atoms with Crippen molar-refractivity contribution in [2.45, 2.75) is 44.6 Å². The van der Waals surface area contributed by atoms with E-state index >= 15 is 0 Å². The summed E-state index contributed by atoms with van der Waals surface area (Å²) < 4.78 is 17.7. The monoisotopic (exact) mass is 761 g/mol. The predicted octanol–water partition coefficient (Wildman–Crippen LogP) is 5.38. The number of pyridine rings is 1. The highest BCUT2D eigenvalue weighted by atomic mass is 16.6. The summed E-state index contributed by atoms with van der Waals surface area (Å²) in [5, 5.41) is 30.9. The second kappa shape index (κ2) is 17.7. The van der Waals surface area contributed by atoms with Crippen LogP contribution in [0.5, 0.6) is 17.2 Å². The molecule has 3 fully saturated rings. The van der Waals surface area contributed by atoms with Gasteiger partial charge in [-0.15, -0.1) is 0 Å². The molecule has 2 bridgehead atoms. The molecule has 3 atom stereocenters. The fourth-order valence-electron chi connectivity index (χ4n) is 7.54. The van der Waals surface area contributed by atoms with E-state index in [0.717, 1.165) is 49.2 Å². The van der Waals surface area contributed by atoms with Crippen LogP contribution >= 0.6 is 0 Å². The van der Waals surface area contributed by atoms with E-state index in [9.17, 15) is 24.6 Å². The molecule has 292 valence electrons. The number of aromatic amines is 1. The predicted molar refractivity (Wildman–Crippen MR) is 212 cm³/mol. The first kappa shape index (κ1) is 38.4. The van der Waals surface area contributed by atoms with Crippen LogP contribution in [0.15, 0.2) is 102 Å². The molecule has 4 heterocycles. The zero-order chi connectivity index (χ0) is 39.0. The van der Waals surface area contributed by atoms with Crippen LogP contribution in [0.1, 0.15) is 54.2 Å². The summed E-state index contributed by atoms with van der Waals surface area (Å²) in [5.74, 6) is 0.993. The SMILES string of the molecule is CCOc1cc(NC(=O)COc2cccc(C(NC(=O)OC3CN4CCC3CC4)c3ccccc3)c2)ccc1CNCC(O)c1ccc(O)c2[nH]c(=O)ccc12. The van der Waals surface area contributed by atoms with Crippen LogP contribution in [0.25, 0.3) is 10.9 Å². The lowest BCUT2D eigenvalue weighted by Crippen LogP contribution is -2.52. The molecule has 0 saturated carbocycles. The lowest BCUT2D eigenvalue weighted by Gasteiger charge is -2.43. The molecule has 0 radical (unpaired) electrons. The van der Waals surface area contributed by atoms with E-state index in [2.05, 4.69) is 25.8 Å². The number of aliphatic hydroxyl groups is 1. The van der Waals surface area contributed by atoms with Crippen LogP contribution in [-0.2, 0) is 16.1 Å². The van der Waals surface area contributed by atoms with E-state index in [1.165, 1.54) is 12.1 Å². The molecule has 56 heavy (non-hydrogen) atoms. The fourth-order valence-corrected chi connectivity index (χ4v) is 7.54. The van der Waals surface area contributed by atoms with Gasteiger partial charge in [-0.3, -0.25) is 14.5 Å². The summed E-state index contributed by atoms with van der Waals surface area (Å²) in [6.07, 6.45) is 0.591. The number of fused-ring (bicyclic) bond motifs is 4. The minimum Gasteiger partial charge on any atom is -0.506 e. The van der Waals surface area contributed by atoms with E-state index in [4.69, 9.17) is 14.2 Å². The second-order valence-corrected chi connectivity index (χ2v) is 14.2. The number of phenols is 1. The summed E-state index contributed by atoms with van der Waals surface area (Å²) in [6, 6.07) is 27.8. The number of ether oxygens (including phenoxy) is 3. The Morgan fingerprint density at radius 2 is 1.73 bits per heavy atom. The van der Waals surface area contributed by atoms with E-state index in [-0.39, 0.29) is 42.0 Å². The van der Waals surface area contributed by atoms with E-state index in [1.807, 2.05) is 61.5 Å². The summed E-state index contributed by atoms with van der Waals surface area (Å²) in [6.45, 7) is 5.46. The number of piperidine rings is 3. The number of rotatable bonds is 15. The Labute approximate surface area is 324 Å². The fraction of sp³-hybridized carbons (Fsp3) is 0.326. The van der Waals surface area contributed by atoms with Gasteiger partial charge < -0.3 is 45.4 Å². The molecule has 3 unspecified atom stereocenters. The first-order valence-electron chi connectivity index (χ1n) is 19.0. The van der Waals surface area contributed by atoms with Crippen LogP contribution < -0.4 is 31.0 Å². The number of amides is 2. The van der Waals surface area contributed by atoms with Gasteiger partial charge in [-0.2, -0.15) is 0 Å². The van der Waals surface area contributed by atoms with E-state index in [1.54, 1.807) is 30.3 Å². The Morgan fingerprint density at radius 1 is 0.929 bits per heavy atom. The molecule has 6 N–H and O–H groups in total. The standard InChI is InChI=1S/C43H47N5O8/c1-2-54-37-22-31(12-11-30(37)23-44-24-36(50)33-13-15-35(49)42-34(33)14-16-39(51)46-42)45-40(52)26-55-32-10-6-9-29(21-32)41(28-7-4-3-5-8-28)47-43(53)56-38-25-48-19-17-27(38)18-20-48/h3-16,21-22,27,36,38,41,44,49-50H,2,17-20,23-26H2,1H3,(H,45,52)(H,46,51)(H,47,53). The molecule has 2 amide bonds. The van der Waals surface area contributed by atoms with Crippen molar-refractivity contribution < 1.29 is 34.0 Å². The number of hydrogen-bond acceptors (Lipinski definition) is 10. The third kappa shape index (κ3) is 9.31. The number of carbonyl (C=O) groups is 2. The van der Waals surface area contributed by atoms with Gasteiger partial charge in [0, 0.05) is 48.4 Å². The van der Waals surface area contributed by atoms with Crippen molar-refractivity contribution >= 4 is 28.6 Å². The molecule has 3 aliphatic heterocycles. The summed E-state index contributed by atoms with van der Waals surface area (Å²) in [7, 11) is 0. The number of aromatic nitrogens is 1. The lowest BCUT2D eigenvalue weighted by atomic mass is 9.86. The highest BCUT2D eigenvalue weighted by Crippen LogP contribution is 2.32. The van der Waals surface area contributed by atoms with Crippen LogP contribution in [0, 0.1) is 5.92 Å². The number of phenolic OH excluding ortho intramolecular Hbond substituents is 1. The third-order valence-electron chi connectivity index (χ3n) is 10.4. The molecule has 0 spiro atoms. The van der Waals surface area contributed by atoms with Gasteiger partial charge in [0.25, 0.3) is 5.91 Å². The number of anilines is 1. The Kier molecular flexibility index (Phi) is 12.1. The Balaban J connectivity index is 0.946. The van der Waals surface area contributed by atoms with E-state index < -0.39 is 18.2 Å². The van der Waals surface area contributed by atoms with Gasteiger partial charge in [-0.1, -0.05) is 54.6 Å². The smallest absolute Gasteiger partial charge is 0.408 e. The molecular formula is C43H47N5O8. The quantitative estimate of drug-likeness (QED) is 0.0813. The number of benzene rings is 4. The number of H-pyrrole nitrogens is 1. The maximum absolute atomic E-state index is 13.2. The molecule has 1 aromatic heterocycles. The summed E-state index contributed by atoms with van der Waals surface area (Å²) in [5.41, 5.74) is 3.50. The summed E-state index contributed by atoms with van der Waals surface area (Å²) in [4.78, 5) is 43.0. The van der Waals surface area contributed by atoms with Gasteiger partial charge >= 0.3 is 6.09 Å². The summed E-state index contributed by atoms with van der Waals surface area (Å²) >= 11 is 0. The first-order valence-corrected chi connectivity index (χ1v) is 19.0. The molecule has 3 saturated heterocycles. The minimum absolute atomic E-state index is 0.0736. The maximum atomic E-state index is 13.2. The minimum atomic E-state index is -0.921. The average molecular weight is 762 g/mol. The van der Waals surface area contributed by atoms with Gasteiger partial charge in [0.05, 0.1) is 24.3 Å². The van der Waals surface area contributed by atoms with Gasteiger partial charge in [0.1, 0.15) is 23.4 Å². The van der Waals surface area contributed by atoms with Crippen molar-refractivity contribution in [3.8, 4) is 17.2 Å². The Hall–Kier alpha value is -5.89. The molecular weight excluding hydrogens is 715 g/mol. The van der Waals surface area contributed by atoms with Gasteiger partial charge in [0.15, 0.2) is 6.61 Å². The van der Waals surface area contributed by atoms with Crippen LogP contribution in [0.3, 0.4) is 0 Å². The van der Waals surface area contributed by atoms with Crippen molar-refractivity contribution in [3.05, 3.63) is 130 Å². The first-order chi connectivity index (χ1) is 27.2. The number of nitrogens with one attached hydrogen (secondary N) is 4. The van der Waals surface area contributed by atoms with Gasteiger partial charge in [-0.05, 0) is 85.8 Å². The van der Waals surface area contributed by atoms with E-state index in [0.29, 0.717) is 47.2 Å². The van der Waals surface area contributed by atoms with Gasteiger partial charge in [-0.25, -0.2) is 4.79 Å². The molecule has 13 nitrogen and oxygen atoms in total. The van der Waals surface area contributed by atoms with Crippen LogP contribution in [-0.4, -0.2) is 77.6 Å². The van der Waals surface area contributed by atoms with Crippen LogP contribution in [0.4, 0.5) is 10.5 Å². The zero-order valence-electron chi connectivity index (χ0n) is 31.2. The van der Waals surface area contributed by atoms with Crippen molar-refractivity contribution in [2.75, 3.05) is 44.7 Å². The largest absolute Gasteiger partial charge is 0.506 e. The lowest BCUT2D eigenvalue weighted by molar-refractivity contribution is -0.118. The maximum Gasteiger partial charge on any atom is 0.408 e. The number of carbonyl (C=O) groups excluding carboxylic acids is 2. The zero-order valence-corrected chi connectivity index (χ0v) is 31.2. The number of hydrogen-bond donors (Lipinski definition) is 6. The molecule has 3 aliphatic rings. The molecule has 4 aromatic carbocycles. The Bertz CT molecular complexity index is 2200. The van der Waals surface area contributed by atoms with Crippen molar-refractivity contribution in [1.29, 1.82) is 0 Å². The normalized spacial score (nSPS) is 18.5. The topological polar surface area (TPSA) is 174 Å². The molecule has 5 aromatic rings. The average Bonchev–Trinajstić information content (AvgIpc) is 3.21. The number of nitrogens with zero attached hydrogens (tertiary/aromatic N) is 1. The van der Waals surface area contributed by atoms with Gasteiger partial charge in [0.2, 0.25) is 5.56 Å². The Morgan fingerprint density at radius 3 is 2.50 bits per heavy atom. The second-order valence-electron chi connectivity index (χ2n) is 14.2. The molecule has 13 heteroatoms. The van der Waals surface area contributed by atoms with Crippen LogP contribution in [0.2, 0.25) is 0 Å². The number of aromatic hydroxyl groups is 1. The van der Waals surface area contributed by atoms with Crippen molar-refractivity contribution in [3.63, 3.8) is 0 Å². The van der Waals surface area contributed by atoms with Crippen molar-refractivity contribution in [1.82, 2.24) is 20.5 Å². The highest BCUT2D eigenvalue weighted by molar-refractivity contribution is 5.92.